The molecule has 1 saturated heterocycles. The van der Waals surface area contributed by atoms with E-state index in [-0.39, 0.29) is 30.4 Å². The van der Waals surface area contributed by atoms with Crippen LogP contribution in [-0.4, -0.2) is 49.9 Å². The summed E-state index contributed by atoms with van der Waals surface area (Å²) < 4.78 is 10.2. The zero-order valence-electron chi connectivity index (χ0n) is 13.4. The SMILES string of the molecule is O=C1CC(O)(c2ccc(OC(O)(O)O)c(OC3(O)CCCC3)c2)CN1. The van der Waals surface area contributed by atoms with E-state index in [1.165, 1.54) is 18.2 Å². The third-order valence-electron chi connectivity index (χ3n) is 4.44. The third kappa shape index (κ3) is 4.02. The maximum atomic E-state index is 11.4. The number of hydrogen-bond donors (Lipinski definition) is 6. The van der Waals surface area contributed by atoms with Crippen molar-refractivity contribution >= 4 is 5.91 Å². The molecule has 3 rings (SSSR count). The summed E-state index contributed by atoms with van der Waals surface area (Å²) in [7, 11) is 0. The molecule has 1 aromatic carbocycles. The Hall–Kier alpha value is -1.91. The van der Waals surface area contributed by atoms with Crippen molar-refractivity contribution in [1.29, 1.82) is 0 Å². The largest absolute Gasteiger partial charge is 0.459 e. The second-order valence-corrected chi connectivity index (χ2v) is 6.58. The van der Waals surface area contributed by atoms with E-state index in [9.17, 15) is 15.0 Å². The van der Waals surface area contributed by atoms with E-state index in [1.807, 2.05) is 0 Å². The van der Waals surface area contributed by atoms with Crippen molar-refractivity contribution < 1.29 is 39.8 Å². The molecule has 0 bridgehead atoms. The van der Waals surface area contributed by atoms with Crippen molar-refractivity contribution in [3.8, 4) is 11.5 Å². The van der Waals surface area contributed by atoms with E-state index in [0.29, 0.717) is 18.4 Å². The van der Waals surface area contributed by atoms with Crippen LogP contribution in [0.3, 0.4) is 0 Å². The fraction of sp³-hybridized carbons (Fsp3) is 0.562. The normalized spacial score (nSPS) is 25.7. The molecule has 0 spiro atoms. The molecule has 0 aromatic heterocycles. The zero-order valence-corrected chi connectivity index (χ0v) is 13.4. The van der Waals surface area contributed by atoms with Gasteiger partial charge in [-0.15, -0.1) is 0 Å². The number of carbonyl (C=O) groups excluding carboxylic acids is 1. The molecule has 1 aliphatic heterocycles. The minimum absolute atomic E-state index is 0.0136. The van der Waals surface area contributed by atoms with Crippen LogP contribution in [-0.2, 0) is 10.4 Å². The monoisotopic (exact) mass is 355 g/mol. The van der Waals surface area contributed by atoms with Gasteiger partial charge >= 0.3 is 6.16 Å². The Bertz CT molecular complexity index is 665. The summed E-state index contributed by atoms with van der Waals surface area (Å²) in [5, 5.41) is 50.7. The molecule has 1 atom stereocenters. The number of ether oxygens (including phenoxy) is 2. The molecule has 1 aliphatic carbocycles. The molecule has 9 nitrogen and oxygen atoms in total. The molecule has 1 unspecified atom stereocenters. The van der Waals surface area contributed by atoms with E-state index in [0.717, 1.165) is 12.8 Å². The summed E-state index contributed by atoms with van der Waals surface area (Å²) in [6.07, 6.45) is -1.29. The second-order valence-electron chi connectivity index (χ2n) is 6.58. The molecule has 2 aliphatic rings. The van der Waals surface area contributed by atoms with Gasteiger partial charge in [0, 0.05) is 12.8 Å². The Labute approximate surface area is 143 Å². The van der Waals surface area contributed by atoms with Gasteiger partial charge in [0.2, 0.25) is 11.7 Å². The van der Waals surface area contributed by atoms with Crippen LogP contribution in [0.5, 0.6) is 11.5 Å². The van der Waals surface area contributed by atoms with Crippen LogP contribution < -0.4 is 14.8 Å². The van der Waals surface area contributed by atoms with Crippen molar-refractivity contribution in [2.75, 3.05) is 6.54 Å². The molecule has 138 valence electrons. The quantitative estimate of drug-likeness (QED) is 0.369. The standard InChI is InChI=1S/C16H21NO8/c18-13-8-14(19,9-17-13)10-3-4-11(25-16(21,22)23)12(7-10)24-15(20)5-1-2-6-15/h3-4,7,19-23H,1-2,5-6,8-9H2,(H,17,18). The molecule has 1 saturated carbocycles. The number of benzene rings is 1. The minimum Gasteiger partial charge on any atom is -0.459 e. The lowest BCUT2D eigenvalue weighted by atomic mass is 9.92. The van der Waals surface area contributed by atoms with E-state index in [2.05, 4.69) is 10.1 Å². The Balaban J connectivity index is 1.95. The van der Waals surface area contributed by atoms with Crippen LogP contribution in [0.2, 0.25) is 0 Å². The molecule has 6 N–H and O–H groups in total. The number of carbonyl (C=O) groups is 1. The highest BCUT2D eigenvalue weighted by atomic mass is 16.9. The summed E-state index contributed by atoms with van der Waals surface area (Å²) in [6.45, 7) is 0.0136. The lowest BCUT2D eigenvalue weighted by Crippen LogP contribution is -2.36. The van der Waals surface area contributed by atoms with Gasteiger partial charge in [0.25, 0.3) is 0 Å². The highest BCUT2D eigenvalue weighted by Crippen LogP contribution is 2.40. The first-order chi connectivity index (χ1) is 11.6. The van der Waals surface area contributed by atoms with Gasteiger partial charge in [-0.2, -0.15) is 0 Å². The van der Waals surface area contributed by atoms with Gasteiger partial charge in [-0.1, -0.05) is 6.07 Å². The Morgan fingerprint density at radius 2 is 1.76 bits per heavy atom. The Morgan fingerprint density at radius 3 is 2.32 bits per heavy atom. The van der Waals surface area contributed by atoms with E-state index >= 15 is 0 Å². The summed E-state index contributed by atoms with van der Waals surface area (Å²) in [6, 6.07) is 4.01. The van der Waals surface area contributed by atoms with Crippen molar-refractivity contribution in [2.24, 2.45) is 0 Å². The van der Waals surface area contributed by atoms with Crippen LogP contribution in [0, 0.1) is 0 Å². The topological polar surface area (TPSA) is 149 Å². The summed E-state index contributed by atoms with van der Waals surface area (Å²) >= 11 is 0. The molecular weight excluding hydrogens is 334 g/mol. The van der Waals surface area contributed by atoms with Gasteiger partial charge in [0.15, 0.2) is 11.5 Å². The first-order valence-corrected chi connectivity index (χ1v) is 8.00. The maximum Gasteiger partial charge on any atom is 0.453 e. The van der Waals surface area contributed by atoms with Crippen molar-refractivity contribution in [2.45, 2.75) is 49.7 Å². The lowest BCUT2D eigenvalue weighted by Gasteiger charge is -2.28. The molecule has 1 heterocycles. The molecule has 0 radical (unpaired) electrons. The van der Waals surface area contributed by atoms with Gasteiger partial charge in [-0.25, -0.2) is 0 Å². The van der Waals surface area contributed by atoms with Gasteiger partial charge < -0.3 is 40.3 Å². The summed E-state index contributed by atoms with van der Waals surface area (Å²) in [4.78, 5) is 11.4. The number of β-amino-alcohol motifs (C(OH)–C–C–N with tert-alkyl or cyclic N) is 1. The molecule has 1 aromatic rings. The van der Waals surface area contributed by atoms with E-state index < -0.39 is 17.5 Å². The second kappa shape index (κ2) is 6.11. The summed E-state index contributed by atoms with van der Waals surface area (Å²) in [5.41, 5.74) is -1.13. The van der Waals surface area contributed by atoms with Crippen molar-refractivity contribution in [3.05, 3.63) is 23.8 Å². The van der Waals surface area contributed by atoms with Crippen LogP contribution in [0.1, 0.15) is 37.7 Å². The zero-order chi connectivity index (χ0) is 18.3. The molecule has 25 heavy (non-hydrogen) atoms. The predicted octanol–water partition coefficient (Wildman–Crippen LogP) is -0.998. The maximum absolute atomic E-state index is 11.4. The first kappa shape index (κ1) is 17.9. The third-order valence-corrected chi connectivity index (χ3v) is 4.44. The number of hydrogen-bond acceptors (Lipinski definition) is 8. The van der Waals surface area contributed by atoms with Gasteiger partial charge in [-0.05, 0) is 30.5 Å². The number of aliphatic hydroxyl groups is 5. The van der Waals surface area contributed by atoms with Gasteiger partial charge in [0.05, 0.1) is 13.0 Å². The number of rotatable bonds is 5. The minimum atomic E-state index is -3.43. The highest BCUT2D eigenvalue weighted by molar-refractivity contribution is 5.80. The van der Waals surface area contributed by atoms with Crippen LogP contribution in [0.4, 0.5) is 0 Å². The van der Waals surface area contributed by atoms with Crippen molar-refractivity contribution in [3.63, 3.8) is 0 Å². The number of amides is 1. The number of nitrogens with one attached hydrogen (secondary N) is 1. The molecule has 2 fully saturated rings. The molecule has 1 amide bonds. The lowest BCUT2D eigenvalue weighted by molar-refractivity contribution is -0.420. The average Bonchev–Trinajstić information content (AvgIpc) is 3.06. The van der Waals surface area contributed by atoms with Crippen LogP contribution in [0.25, 0.3) is 0 Å². The van der Waals surface area contributed by atoms with Crippen LogP contribution in [0.15, 0.2) is 18.2 Å². The van der Waals surface area contributed by atoms with Crippen molar-refractivity contribution in [1.82, 2.24) is 5.32 Å². The van der Waals surface area contributed by atoms with E-state index in [4.69, 9.17) is 20.1 Å². The van der Waals surface area contributed by atoms with Crippen LogP contribution >= 0.6 is 0 Å². The fourth-order valence-corrected chi connectivity index (χ4v) is 3.18. The van der Waals surface area contributed by atoms with Gasteiger partial charge in [-0.3, -0.25) is 4.79 Å². The predicted molar refractivity (Wildman–Crippen MR) is 82.0 cm³/mol. The van der Waals surface area contributed by atoms with Gasteiger partial charge in [0.1, 0.15) is 5.60 Å². The molecule has 9 heteroatoms. The smallest absolute Gasteiger partial charge is 0.453 e. The summed E-state index contributed by atoms with van der Waals surface area (Å²) in [5.74, 6) is -2.08. The Morgan fingerprint density at radius 1 is 1.08 bits per heavy atom. The van der Waals surface area contributed by atoms with E-state index in [1.54, 1.807) is 0 Å². The fourth-order valence-electron chi connectivity index (χ4n) is 3.18. The average molecular weight is 355 g/mol. The highest BCUT2D eigenvalue weighted by Gasteiger charge is 2.40. The Kier molecular flexibility index (Phi) is 4.38. The first-order valence-electron chi connectivity index (χ1n) is 8.00. The molecular formula is C16H21NO8.